The van der Waals surface area contributed by atoms with Gasteiger partial charge in [-0.1, -0.05) is 12.1 Å². The van der Waals surface area contributed by atoms with Crippen molar-refractivity contribution in [2.45, 2.75) is 25.6 Å². The molecule has 0 radical (unpaired) electrons. The second kappa shape index (κ2) is 10.3. The summed E-state index contributed by atoms with van der Waals surface area (Å²) in [5, 5.41) is 26.9. The van der Waals surface area contributed by atoms with Crippen LogP contribution in [0, 0.1) is 0 Å². The second-order valence-corrected chi connectivity index (χ2v) is 5.22. The minimum Gasteiger partial charge on any atom is -0.390 e. The zero-order valence-corrected chi connectivity index (χ0v) is 13.6. The van der Waals surface area contributed by atoms with Gasteiger partial charge < -0.3 is 10.2 Å². The lowest BCUT2D eigenvalue weighted by Gasteiger charge is -2.12. The molecule has 0 bridgehead atoms. The van der Waals surface area contributed by atoms with Crippen LogP contribution in [0.4, 0.5) is 0 Å². The van der Waals surface area contributed by atoms with E-state index in [0.717, 1.165) is 6.08 Å². The van der Waals surface area contributed by atoms with Gasteiger partial charge in [-0.2, -0.15) is 0 Å². The second-order valence-electron chi connectivity index (χ2n) is 5.22. The van der Waals surface area contributed by atoms with Crippen LogP contribution in [0.25, 0.3) is 6.08 Å². The lowest BCUT2D eigenvalue weighted by molar-refractivity contribution is -0.132. The minimum atomic E-state index is -1.45. The number of rotatable bonds is 9. The Labute approximate surface area is 144 Å². The first kappa shape index (κ1) is 20.5. The molecular weight excluding hydrogens is 330 g/mol. The first-order valence-corrected chi connectivity index (χ1v) is 7.49. The van der Waals surface area contributed by atoms with Gasteiger partial charge in [0.2, 0.25) is 0 Å². The van der Waals surface area contributed by atoms with Crippen LogP contribution in [0.3, 0.4) is 0 Å². The van der Waals surface area contributed by atoms with Gasteiger partial charge in [-0.3, -0.25) is 25.0 Å². The van der Waals surface area contributed by atoms with Crippen LogP contribution in [0.15, 0.2) is 30.3 Å². The zero-order valence-electron chi connectivity index (χ0n) is 13.6. The molecule has 1 aromatic carbocycles. The van der Waals surface area contributed by atoms with E-state index in [2.05, 4.69) is 10.9 Å². The largest absolute Gasteiger partial charge is 0.390 e. The quantitative estimate of drug-likeness (QED) is 0.147. The van der Waals surface area contributed by atoms with E-state index in [1.54, 1.807) is 18.2 Å². The topological polar surface area (TPSA) is 148 Å². The van der Waals surface area contributed by atoms with Crippen LogP contribution in [0.1, 0.15) is 29.3 Å². The van der Waals surface area contributed by atoms with Crippen molar-refractivity contribution in [3.05, 3.63) is 41.5 Å². The van der Waals surface area contributed by atoms with Gasteiger partial charge in [-0.15, -0.1) is 0 Å². The number of hydrogen-bond donors (Lipinski definition) is 6. The standard InChI is InChI=1S/C16H21N3O6/c1-10(20)15(23)13(21)7-8-17-18-16(24)12-4-2-3-11(9-12)5-6-14(22)19-25/h2-6,9-10,15,17,20,23,25H,7-8H2,1H3,(H,18,24)(H,19,22)/b6-5+. The van der Waals surface area contributed by atoms with Gasteiger partial charge in [0.05, 0.1) is 6.10 Å². The number of aliphatic hydroxyl groups is 2. The molecule has 0 fully saturated rings. The molecule has 0 saturated carbocycles. The molecule has 0 aliphatic heterocycles. The molecule has 9 heteroatoms. The van der Waals surface area contributed by atoms with E-state index in [1.165, 1.54) is 24.5 Å². The molecule has 0 aliphatic rings. The Morgan fingerprint density at radius 1 is 1.24 bits per heavy atom. The van der Waals surface area contributed by atoms with Crippen LogP contribution in [0.2, 0.25) is 0 Å². The highest BCUT2D eigenvalue weighted by Gasteiger charge is 2.19. The van der Waals surface area contributed by atoms with Crippen LogP contribution in [0.5, 0.6) is 0 Å². The summed E-state index contributed by atoms with van der Waals surface area (Å²) in [6.45, 7) is 1.40. The highest BCUT2D eigenvalue weighted by molar-refractivity contribution is 5.95. The Morgan fingerprint density at radius 3 is 2.60 bits per heavy atom. The molecule has 0 saturated heterocycles. The number of hydroxylamine groups is 1. The van der Waals surface area contributed by atoms with Gasteiger partial charge in [-0.25, -0.2) is 10.9 Å². The molecule has 25 heavy (non-hydrogen) atoms. The average Bonchev–Trinajstić information content (AvgIpc) is 2.62. The third kappa shape index (κ3) is 7.23. The molecule has 136 valence electrons. The van der Waals surface area contributed by atoms with Gasteiger partial charge in [0.1, 0.15) is 6.10 Å². The monoisotopic (exact) mass is 351 g/mol. The van der Waals surface area contributed by atoms with Crippen LogP contribution in [-0.2, 0) is 9.59 Å². The molecule has 2 amide bonds. The van der Waals surface area contributed by atoms with Gasteiger partial charge in [-0.05, 0) is 30.7 Å². The minimum absolute atomic E-state index is 0.0641. The molecule has 6 N–H and O–H groups in total. The van der Waals surface area contributed by atoms with Gasteiger partial charge in [0.25, 0.3) is 11.8 Å². The maximum Gasteiger partial charge on any atom is 0.267 e. The number of benzene rings is 1. The van der Waals surface area contributed by atoms with Gasteiger partial charge in [0, 0.05) is 24.6 Å². The number of amides is 2. The Bertz CT molecular complexity index is 645. The first-order chi connectivity index (χ1) is 11.8. The fraction of sp³-hybridized carbons (Fsp3) is 0.312. The predicted molar refractivity (Wildman–Crippen MR) is 88.2 cm³/mol. The maximum atomic E-state index is 12.0. The van der Waals surface area contributed by atoms with E-state index >= 15 is 0 Å². The molecule has 0 aromatic heterocycles. The van der Waals surface area contributed by atoms with Crippen molar-refractivity contribution in [2.24, 2.45) is 0 Å². The molecular formula is C16H21N3O6. The Kier molecular flexibility index (Phi) is 8.44. The van der Waals surface area contributed by atoms with E-state index < -0.39 is 29.8 Å². The maximum absolute atomic E-state index is 12.0. The summed E-state index contributed by atoms with van der Waals surface area (Å²) in [7, 11) is 0. The summed E-state index contributed by atoms with van der Waals surface area (Å²) in [4.78, 5) is 34.4. The van der Waals surface area contributed by atoms with Crippen molar-refractivity contribution >= 4 is 23.7 Å². The lowest BCUT2D eigenvalue weighted by atomic mass is 10.1. The number of carbonyl (C=O) groups excluding carboxylic acids is 3. The zero-order chi connectivity index (χ0) is 18.8. The summed E-state index contributed by atoms with van der Waals surface area (Å²) < 4.78 is 0. The van der Waals surface area contributed by atoms with Crippen molar-refractivity contribution in [1.29, 1.82) is 0 Å². The number of hydrogen-bond acceptors (Lipinski definition) is 7. The van der Waals surface area contributed by atoms with E-state index in [9.17, 15) is 19.5 Å². The van der Waals surface area contributed by atoms with Gasteiger partial charge in [0.15, 0.2) is 5.78 Å². The SMILES string of the molecule is CC(O)C(O)C(=O)CCNNC(=O)c1cccc(/C=C/C(=O)NO)c1. The molecule has 0 spiro atoms. The average molecular weight is 351 g/mol. The van der Waals surface area contributed by atoms with E-state index in [0.29, 0.717) is 11.1 Å². The van der Waals surface area contributed by atoms with E-state index in [1.807, 2.05) is 0 Å². The third-order valence-corrected chi connectivity index (χ3v) is 3.17. The number of hydrazine groups is 1. The molecule has 9 nitrogen and oxygen atoms in total. The first-order valence-electron chi connectivity index (χ1n) is 7.49. The normalized spacial score (nSPS) is 13.3. The summed E-state index contributed by atoms with van der Waals surface area (Å²) >= 11 is 0. The highest BCUT2D eigenvalue weighted by Crippen LogP contribution is 2.07. The smallest absolute Gasteiger partial charge is 0.267 e. The fourth-order valence-corrected chi connectivity index (χ4v) is 1.81. The third-order valence-electron chi connectivity index (χ3n) is 3.17. The van der Waals surface area contributed by atoms with Crippen molar-refractivity contribution < 1.29 is 29.8 Å². The lowest BCUT2D eigenvalue weighted by Crippen LogP contribution is -2.40. The number of ketones is 1. The summed E-state index contributed by atoms with van der Waals surface area (Å²) in [5.41, 5.74) is 7.30. The molecule has 2 unspecified atom stereocenters. The summed E-state index contributed by atoms with van der Waals surface area (Å²) in [5.74, 6) is -1.68. The highest BCUT2D eigenvalue weighted by atomic mass is 16.5. The molecule has 0 heterocycles. The Balaban J connectivity index is 2.49. The number of nitrogens with one attached hydrogen (secondary N) is 3. The Hall–Kier alpha value is -2.59. The molecule has 1 rings (SSSR count). The number of carbonyl (C=O) groups is 3. The summed E-state index contributed by atoms with van der Waals surface area (Å²) in [6, 6.07) is 6.37. The van der Waals surface area contributed by atoms with Crippen molar-refractivity contribution in [1.82, 2.24) is 16.3 Å². The molecule has 0 aliphatic carbocycles. The van der Waals surface area contributed by atoms with Crippen LogP contribution in [-0.4, -0.2) is 51.8 Å². The van der Waals surface area contributed by atoms with Gasteiger partial charge >= 0.3 is 0 Å². The van der Waals surface area contributed by atoms with Crippen molar-refractivity contribution in [2.75, 3.05) is 6.54 Å². The Morgan fingerprint density at radius 2 is 1.96 bits per heavy atom. The van der Waals surface area contributed by atoms with E-state index in [4.69, 9.17) is 10.3 Å². The number of Topliss-reactive ketones (excluding diaryl/α,β-unsaturated/α-hetero) is 1. The molecule has 1 aromatic rings. The van der Waals surface area contributed by atoms with Crippen LogP contribution < -0.4 is 16.3 Å². The fourth-order valence-electron chi connectivity index (χ4n) is 1.81. The number of aliphatic hydroxyl groups excluding tert-OH is 2. The predicted octanol–water partition coefficient (Wildman–Crippen LogP) is -0.859. The van der Waals surface area contributed by atoms with E-state index in [-0.39, 0.29) is 13.0 Å². The van der Waals surface area contributed by atoms with Crippen molar-refractivity contribution in [3.8, 4) is 0 Å². The summed E-state index contributed by atoms with van der Waals surface area (Å²) in [6.07, 6.45) is -0.131. The molecule has 2 atom stereocenters. The van der Waals surface area contributed by atoms with Crippen molar-refractivity contribution in [3.63, 3.8) is 0 Å². The van der Waals surface area contributed by atoms with Crippen LogP contribution >= 0.6 is 0 Å².